The fraction of sp³-hybridized carbons (Fsp3) is 0.450. The third-order valence-electron chi connectivity index (χ3n) is 4.73. The summed E-state index contributed by atoms with van der Waals surface area (Å²) in [5.74, 6) is 1.49. The third kappa shape index (κ3) is 4.22. The van der Waals surface area contributed by atoms with Crippen LogP contribution in [0.1, 0.15) is 33.0 Å². The van der Waals surface area contributed by atoms with E-state index in [1.165, 1.54) is 9.75 Å². The van der Waals surface area contributed by atoms with Gasteiger partial charge in [0.15, 0.2) is 5.78 Å². The minimum Gasteiger partial charge on any atom is -0.497 e. The number of Topliss-reactive ketones (excluding diaryl/α,β-unsaturated/α-hetero) is 1. The van der Waals surface area contributed by atoms with Crippen molar-refractivity contribution in [1.29, 1.82) is 0 Å². The van der Waals surface area contributed by atoms with Crippen molar-refractivity contribution in [2.45, 2.75) is 26.3 Å². The van der Waals surface area contributed by atoms with Crippen molar-refractivity contribution in [2.75, 3.05) is 27.3 Å². The first kappa shape index (κ1) is 18.0. The smallest absolute Gasteiger partial charge is 0.170 e. The molecule has 4 nitrogen and oxygen atoms in total. The number of hydrogen-bond acceptors (Lipinski definition) is 5. The molecule has 25 heavy (non-hydrogen) atoms. The minimum absolute atomic E-state index is 0.0251. The molecule has 3 rings (SSSR count). The fourth-order valence-electron chi connectivity index (χ4n) is 3.43. The second-order valence-corrected chi connectivity index (χ2v) is 7.89. The Balaban J connectivity index is 1.71. The highest BCUT2D eigenvalue weighted by molar-refractivity contribution is 7.11. The maximum atomic E-state index is 13.0. The van der Waals surface area contributed by atoms with Gasteiger partial charge in [-0.1, -0.05) is 0 Å². The van der Waals surface area contributed by atoms with Crippen LogP contribution in [0.4, 0.5) is 0 Å². The number of nitrogens with zero attached hydrogens (tertiary/aromatic N) is 1. The van der Waals surface area contributed by atoms with Crippen LogP contribution >= 0.6 is 11.3 Å². The van der Waals surface area contributed by atoms with Crippen molar-refractivity contribution >= 4 is 17.1 Å². The first-order valence-corrected chi connectivity index (χ1v) is 9.46. The molecular formula is C20H25NO3S. The Bertz CT molecular complexity index is 740. The van der Waals surface area contributed by atoms with E-state index in [0.29, 0.717) is 17.1 Å². The molecule has 0 N–H and O–H groups in total. The van der Waals surface area contributed by atoms with E-state index in [4.69, 9.17) is 9.47 Å². The molecule has 134 valence electrons. The summed E-state index contributed by atoms with van der Waals surface area (Å²) in [5, 5.41) is 0. The van der Waals surface area contributed by atoms with Crippen molar-refractivity contribution in [1.82, 2.24) is 4.90 Å². The summed E-state index contributed by atoms with van der Waals surface area (Å²) < 4.78 is 10.6. The Morgan fingerprint density at radius 1 is 1.24 bits per heavy atom. The number of aryl methyl sites for hydroxylation is 1. The van der Waals surface area contributed by atoms with Gasteiger partial charge in [0, 0.05) is 34.8 Å². The Morgan fingerprint density at radius 2 is 2.08 bits per heavy atom. The van der Waals surface area contributed by atoms with Gasteiger partial charge in [0.05, 0.1) is 19.8 Å². The Labute approximate surface area is 153 Å². The highest BCUT2D eigenvalue weighted by Gasteiger charge is 2.28. The lowest BCUT2D eigenvalue weighted by Crippen LogP contribution is -2.38. The molecule has 2 aromatic rings. The Morgan fingerprint density at radius 3 is 2.76 bits per heavy atom. The van der Waals surface area contributed by atoms with E-state index in [2.05, 4.69) is 24.0 Å². The largest absolute Gasteiger partial charge is 0.497 e. The van der Waals surface area contributed by atoms with Gasteiger partial charge in [0.25, 0.3) is 0 Å². The van der Waals surface area contributed by atoms with E-state index in [1.807, 2.05) is 23.5 Å². The Hall–Kier alpha value is -1.85. The zero-order valence-corrected chi connectivity index (χ0v) is 15.9. The normalized spacial score (nSPS) is 18.1. The number of carbonyl (C=O) groups is 1. The van der Waals surface area contributed by atoms with Gasteiger partial charge in [-0.15, -0.1) is 11.3 Å². The van der Waals surface area contributed by atoms with Gasteiger partial charge in [-0.2, -0.15) is 0 Å². The maximum Gasteiger partial charge on any atom is 0.170 e. The van der Waals surface area contributed by atoms with Crippen LogP contribution in [0.5, 0.6) is 11.5 Å². The lowest BCUT2D eigenvalue weighted by Gasteiger charge is -2.31. The van der Waals surface area contributed by atoms with Crippen LogP contribution in [0.2, 0.25) is 0 Å². The number of hydrogen-bond donors (Lipinski definition) is 0. The van der Waals surface area contributed by atoms with Gasteiger partial charge in [0.1, 0.15) is 11.5 Å². The zero-order valence-electron chi connectivity index (χ0n) is 15.1. The minimum atomic E-state index is 0.0251. The van der Waals surface area contributed by atoms with Gasteiger partial charge in [-0.05, 0) is 50.6 Å². The number of rotatable bonds is 6. The molecule has 0 spiro atoms. The molecular weight excluding hydrogens is 334 g/mol. The van der Waals surface area contributed by atoms with Gasteiger partial charge in [-0.25, -0.2) is 0 Å². The summed E-state index contributed by atoms with van der Waals surface area (Å²) in [6.45, 7) is 4.93. The standard InChI is InChI=1S/C20H25NO3S/c1-14-6-8-17(25-14)13-21-10-4-5-15(12-21)20(22)18-9-7-16(23-2)11-19(18)24-3/h6-9,11,15H,4-5,10,12-13H2,1-3H3/t15-/m0/s1. The van der Waals surface area contributed by atoms with Crippen molar-refractivity contribution in [3.05, 3.63) is 45.6 Å². The van der Waals surface area contributed by atoms with Crippen LogP contribution < -0.4 is 9.47 Å². The molecule has 5 heteroatoms. The van der Waals surface area contributed by atoms with Gasteiger partial charge >= 0.3 is 0 Å². The number of benzene rings is 1. The molecule has 1 fully saturated rings. The molecule has 0 amide bonds. The van der Waals surface area contributed by atoms with E-state index in [0.717, 1.165) is 32.5 Å². The summed E-state index contributed by atoms with van der Waals surface area (Å²) in [5.41, 5.74) is 0.655. The molecule has 1 atom stereocenters. The number of likely N-dealkylation sites (tertiary alicyclic amines) is 1. The molecule has 1 saturated heterocycles. The summed E-state index contributed by atoms with van der Waals surface area (Å²) in [6, 6.07) is 9.78. The van der Waals surface area contributed by atoms with Crippen LogP contribution in [-0.4, -0.2) is 38.0 Å². The summed E-state index contributed by atoms with van der Waals surface area (Å²) in [7, 11) is 3.21. The van der Waals surface area contributed by atoms with E-state index >= 15 is 0 Å². The first-order chi connectivity index (χ1) is 12.1. The molecule has 0 radical (unpaired) electrons. The number of piperidine rings is 1. The maximum absolute atomic E-state index is 13.0. The van der Waals surface area contributed by atoms with Gasteiger partial charge in [-0.3, -0.25) is 9.69 Å². The van der Waals surface area contributed by atoms with Crippen LogP contribution in [0.25, 0.3) is 0 Å². The average Bonchev–Trinajstić information content (AvgIpc) is 3.05. The number of carbonyl (C=O) groups excluding carboxylic acids is 1. The highest BCUT2D eigenvalue weighted by Crippen LogP contribution is 2.30. The molecule has 1 aromatic carbocycles. The molecule has 0 unspecified atom stereocenters. The van der Waals surface area contributed by atoms with Gasteiger partial charge < -0.3 is 9.47 Å². The van der Waals surface area contributed by atoms with Crippen LogP contribution in [0.15, 0.2) is 30.3 Å². The van der Waals surface area contributed by atoms with Crippen molar-refractivity contribution in [3.8, 4) is 11.5 Å². The van der Waals surface area contributed by atoms with E-state index in [-0.39, 0.29) is 11.7 Å². The Kier molecular flexibility index (Phi) is 5.76. The summed E-state index contributed by atoms with van der Waals surface area (Å²) >= 11 is 1.84. The molecule has 1 aromatic heterocycles. The quantitative estimate of drug-likeness (QED) is 0.726. The van der Waals surface area contributed by atoms with Crippen molar-refractivity contribution in [3.63, 3.8) is 0 Å². The third-order valence-corrected chi connectivity index (χ3v) is 5.71. The fourth-order valence-corrected chi connectivity index (χ4v) is 4.36. The van der Waals surface area contributed by atoms with Crippen LogP contribution in [-0.2, 0) is 6.54 Å². The molecule has 2 heterocycles. The highest BCUT2D eigenvalue weighted by atomic mass is 32.1. The SMILES string of the molecule is COc1ccc(C(=O)[C@H]2CCCN(Cc3ccc(C)s3)C2)c(OC)c1. The van der Waals surface area contributed by atoms with E-state index in [9.17, 15) is 4.79 Å². The van der Waals surface area contributed by atoms with E-state index in [1.54, 1.807) is 20.3 Å². The first-order valence-electron chi connectivity index (χ1n) is 8.64. The molecule has 0 bridgehead atoms. The molecule has 1 aliphatic heterocycles. The van der Waals surface area contributed by atoms with Gasteiger partial charge in [0.2, 0.25) is 0 Å². The number of methoxy groups -OCH3 is 2. The zero-order chi connectivity index (χ0) is 17.8. The predicted molar refractivity (Wildman–Crippen MR) is 101 cm³/mol. The lowest BCUT2D eigenvalue weighted by atomic mass is 9.89. The molecule has 0 aliphatic carbocycles. The van der Waals surface area contributed by atoms with Crippen LogP contribution in [0, 0.1) is 12.8 Å². The average molecular weight is 359 g/mol. The monoisotopic (exact) mass is 359 g/mol. The predicted octanol–water partition coefficient (Wildman–Crippen LogP) is 4.17. The topological polar surface area (TPSA) is 38.8 Å². The summed E-state index contributed by atoms with van der Waals surface area (Å²) in [6.07, 6.45) is 1.99. The van der Waals surface area contributed by atoms with Crippen molar-refractivity contribution < 1.29 is 14.3 Å². The molecule has 0 saturated carbocycles. The number of thiophene rings is 1. The van der Waals surface area contributed by atoms with E-state index < -0.39 is 0 Å². The number of ether oxygens (including phenoxy) is 2. The number of ketones is 1. The second-order valence-electron chi connectivity index (χ2n) is 6.52. The van der Waals surface area contributed by atoms with Crippen molar-refractivity contribution in [2.24, 2.45) is 5.92 Å². The second kappa shape index (κ2) is 8.02. The summed E-state index contributed by atoms with van der Waals surface area (Å²) in [4.78, 5) is 18.1. The molecule has 1 aliphatic rings. The lowest BCUT2D eigenvalue weighted by molar-refractivity contribution is 0.0809. The van der Waals surface area contributed by atoms with Crippen LogP contribution in [0.3, 0.4) is 0 Å².